The van der Waals surface area contributed by atoms with Gasteiger partial charge in [-0.05, 0) is 57.9 Å². The second-order valence-corrected chi connectivity index (χ2v) is 9.75. The van der Waals surface area contributed by atoms with E-state index in [4.69, 9.17) is 11.6 Å². The number of alkyl halides is 1. The van der Waals surface area contributed by atoms with Crippen LogP contribution in [-0.2, 0) is 18.0 Å². The van der Waals surface area contributed by atoms with Gasteiger partial charge in [0.25, 0.3) is 0 Å². The van der Waals surface area contributed by atoms with E-state index in [9.17, 15) is 0 Å². The van der Waals surface area contributed by atoms with Gasteiger partial charge in [-0.3, -0.25) is 4.57 Å². The minimum absolute atomic E-state index is 0.369. The van der Waals surface area contributed by atoms with Gasteiger partial charge >= 0.3 is 0 Å². The third-order valence-electron chi connectivity index (χ3n) is 6.98. The van der Waals surface area contributed by atoms with Gasteiger partial charge in [-0.25, -0.2) is 0 Å². The number of hydrogen-bond acceptors (Lipinski definition) is 3. The SMILES string of the molecule is CC1CC(Cl)(c2ccc3c(c2)CNCc2nncn2-3)CC=C1c1cccc2ccccc12. The first-order valence-electron chi connectivity index (χ1n) is 11.2. The van der Waals surface area contributed by atoms with Crippen LogP contribution in [0.1, 0.15) is 42.3 Å². The predicted octanol–water partition coefficient (Wildman–Crippen LogP) is 5.97. The Morgan fingerprint density at radius 2 is 1.94 bits per heavy atom. The van der Waals surface area contributed by atoms with E-state index in [1.807, 2.05) is 0 Å². The molecule has 1 aliphatic heterocycles. The van der Waals surface area contributed by atoms with E-state index in [1.165, 1.54) is 33.0 Å². The van der Waals surface area contributed by atoms with Crippen molar-refractivity contribution in [2.24, 2.45) is 5.92 Å². The molecule has 6 rings (SSSR count). The lowest BCUT2D eigenvalue weighted by atomic mass is 9.75. The van der Waals surface area contributed by atoms with Gasteiger partial charge in [-0.2, -0.15) is 0 Å². The van der Waals surface area contributed by atoms with Crippen molar-refractivity contribution in [1.29, 1.82) is 0 Å². The Labute approximate surface area is 192 Å². The summed E-state index contributed by atoms with van der Waals surface area (Å²) in [6.07, 6.45) is 5.89. The maximum absolute atomic E-state index is 7.33. The summed E-state index contributed by atoms with van der Waals surface area (Å²) in [6, 6.07) is 21.8. The summed E-state index contributed by atoms with van der Waals surface area (Å²) in [6.45, 7) is 3.81. The largest absolute Gasteiger partial charge is 0.306 e. The predicted molar refractivity (Wildman–Crippen MR) is 130 cm³/mol. The molecule has 32 heavy (non-hydrogen) atoms. The fourth-order valence-corrected chi connectivity index (χ4v) is 5.80. The molecule has 3 aromatic carbocycles. The zero-order valence-electron chi connectivity index (χ0n) is 18.1. The van der Waals surface area contributed by atoms with Crippen LogP contribution in [0.25, 0.3) is 22.0 Å². The molecule has 2 unspecified atom stereocenters. The highest BCUT2D eigenvalue weighted by molar-refractivity contribution is 6.24. The van der Waals surface area contributed by atoms with Crippen molar-refractivity contribution < 1.29 is 0 Å². The molecule has 1 aromatic heterocycles. The van der Waals surface area contributed by atoms with Crippen LogP contribution >= 0.6 is 11.6 Å². The third-order valence-corrected chi connectivity index (χ3v) is 7.51. The van der Waals surface area contributed by atoms with Crippen molar-refractivity contribution in [3.05, 3.63) is 95.6 Å². The molecule has 0 radical (unpaired) electrons. The van der Waals surface area contributed by atoms with Crippen LogP contribution < -0.4 is 5.32 Å². The van der Waals surface area contributed by atoms with Crippen LogP contribution in [0.5, 0.6) is 0 Å². The maximum atomic E-state index is 7.33. The van der Waals surface area contributed by atoms with Crippen molar-refractivity contribution in [3.63, 3.8) is 0 Å². The highest BCUT2D eigenvalue weighted by Gasteiger charge is 2.36. The van der Waals surface area contributed by atoms with Crippen LogP contribution in [0.2, 0.25) is 0 Å². The molecule has 0 fully saturated rings. The number of nitrogens with zero attached hydrogens (tertiary/aromatic N) is 3. The van der Waals surface area contributed by atoms with Gasteiger partial charge in [0.2, 0.25) is 0 Å². The molecule has 2 aliphatic rings. The average Bonchev–Trinajstić information content (AvgIpc) is 3.20. The fourth-order valence-electron chi connectivity index (χ4n) is 5.37. The van der Waals surface area contributed by atoms with Crippen molar-refractivity contribution in [3.8, 4) is 5.69 Å². The normalized spacial score (nSPS) is 22.7. The number of benzene rings is 3. The zero-order chi connectivity index (χ0) is 21.7. The molecule has 1 aliphatic carbocycles. The zero-order valence-corrected chi connectivity index (χ0v) is 18.8. The van der Waals surface area contributed by atoms with E-state index in [-0.39, 0.29) is 0 Å². The first kappa shape index (κ1) is 19.7. The van der Waals surface area contributed by atoms with Gasteiger partial charge < -0.3 is 5.32 Å². The number of fused-ring (bicyclic) bond motifs is 4. The monoisotopic (exact) mass is 440 g/mol. The number of nitrogens with one attached hydrogen (secondary N) is 1. The topological polar surface area (TPSA) is 42.7 Å². The van der Waals surface area contributed by atoms with Gasteiger partial charge in [0.1, 0.15) is 6.33 Å². The van der Waals surface area contributed by atoms with Crippen molar-refractivity contribution in [2.75, 3.05) is 0 Å². The Balaban J connectivity index is 1.37. The van der Waals surface area contributed by atoms with E-state index < -0.39 is 4.87 Å². The molecule has 0 bridgehead atoms. The van der Waals surface area contributed by atoms with Crippen LogP contribution in [0.15, 0.2) is 73.1 Å². The van der Waals surface area contributed by atoms with Gasteiger partial charge in [0.05, 0.1) is 17.1 Å². The summed E-state index contributed by atoms with van der Waals surface area (Å²) in [7, 11) is 0. The molecule has 4 aromatic rings. The lowest BCUT2D eigenvalue weighted by Gasteiger charge is -2.36. The molecule has 0 saturated heterocycles. The lowest BCUT2D eigenvalue weighted by molar-refractivity contribution is 0.475. The Morgan fingerprint density at radius 1 is 1.06 bits per heavy atom. The summed E-state index contributed by atoms with van der Waals surface area (Å²) >= 11 is 7.33. The maximum Gasteiger partial charge on any atom is 0.151 e. The first-order valence-corrected chi connectivity index (χ1v) is 11.6. The van der Waals surface area contributed by atoms with Gasteiger partial charge in [0, 0.05) is 6.54 Å². The smallest absolute Gasteiger partial charge is 0.151 e. The number of aromatic nitrogens is 3. The average molecular weight is 441 g/mol. The third kappa shape index (κ3) is 3.17. The Morgan fingerprint density at radius 3 is 2.84 bits per heavy atom. The first-order chi connectivity index (χ1) is 15.6. The molecule has 2 atom stereocenters. The van der Waals surface area contributed by atoms with E-state index in [1.54, 1.807) is 6.33 Å². The molecule has 0 spiro atoms. The summed E-state index contributed by atoms with van der Waals surface area (Å²) in [5.41, 5.74) is 6.30. The van der Waals surface area contributed by atoms with E-state index in [2.05, 4.69) is 93.7 Å². The summed E-state index contributed by atoms with van der Waals surface area (Å²) in [5.74, 6) is 1.31. The molecule has 160 valence electrons. The standard InChI is InChI=1S/C27H25ClN4/c1-18-14-27(28,12-11-22(18)24-8-4-6-19-5-2-3-7-23(19)24)21-9-10-25-20(13-21)15-29-16-26-31-30-17-32(25)26/h2-11,13,17-18,29H,12,14-16H2,1H3. The molecule has 1 N–H and O–H groups in total. The van der Waals surface area contributed by atoms with Crippen LogP contribution in [0, 0.1) is 5.92 Å². The Hall–Kier alpha value is -2.95. The highest BCUT2D eigenvalue weighted by Crippen LogP contribution is 2.48. The van der Waals surface area contributed by atoms with Crippen LogP contribution in [0.3, 0.4) is 0 Å². The molecular formula is C27H25ClN4. The van der Waals surface area contributed by atoms with E-state index >= 15 is 0 Å². The van der Waals surface area contributed by atoms with Gasteiger partial charge in [-0.1, -0.05) is 67.6 Å². The number of rotatable bonds is 2. The number of hydrogen-bond donors (Lipinski definition) is 1. The fraction of sp³-hybridized carbons (Fsp3) is 0.259. The number of allylic oxidation sites excluding steroid dienone is 2. The molecule has 2 heterocycles. The summed E-state index contributed by atoms with van der Waals surface area (Å²) < 4.78 is 2.07. The number of halogens is 1. The quantitative estimate of drug-likeness (QED) is 0.390. The van der Waals surface area contributed by atoms with Crippen molar-refractivity contribution >= 4 is 27.9 Å². The van der Waals surface area contributed by atoms with Crippen molar-refractivity contribution in [1.82, 2.24) is 20.1 Å². The second kappa shape index (κ2) is 7.58. The Bertz CT molecular complexity index is 1350. The molecule has 5 heteroatoms. The van der Waals surface area contributed by atoms with Crippen molar-refractivity contribution in [2.45, 2.75) is 37.7 Å². The molecule has 0 amide bonds. The molecule has 4 nitrogen and oxygen atoms in total. The van der Waals surface area contributed by atoms with E-state index in [0.717, 1.165) is 30.9 Å². The Kier molecular flexibility index (Phi) is 4.67. The van der Waals surface area contributed by atoms with E-state index in [0.29, 0.717) is 12.5 Å². The molecular weight excluding hydrogens is 416 g/mol. The van der Waals surface area contributed by atoms with Crippen LogP contribution in [-0.4, -0.2) is 14.8 Å². The molecule has 0 saturated carbocycles. The summed E-state index contributed by atoms with van der Waals surface area (Å²) in [4.78, 5) is -0.398. The minimum Gasteiger partial charge on any atom is -0.306 e. The second-order valence-electron chi connectivity index (χ2n) is 9.02. The van der Waals surface area contributed by atoms with Gasteiger partial charge in [-0.15, -0.1) is 21.8 Å². The summed E-state index contributed by atoms with van der Waals surface area (Å²) in [5, 5.41) is 14.4. The van der Waals surface area contributed by atoms with Crippen LogP contribution in [0.4, 0.5) is 0 Å². The highest BCUT2D eigenvalue weighted by atomic mass is 35.5. The lowest BCUT2D eigenvalue weighted by Crippen LogP contribution is -2.26. The van der Waals surface area contributed by atoms with Gasteiger partial charge in [0.15, 0.2) is 5.82 Å². The minimum atomic E-state index is -0.398.